The summed E-state index contributed by atoms with van der Waals surface area (Å²) in [5, 5.41) is 16.0. The first-order valence-electron chi connectivity index (χ1n) is 13.2. The van der Waals surface area contributed by atoms with Gasteiger partial charge in [0.15, 0.2) is 0 Å². The summed E-state index contributed by atoms with van der Waals surface area (Å²) in [6, 6.07) is -0.0198. The Labute approximate surface area is 234 Å². The fraction of sp³-hybridized carbons (Fsp3) is 0.433. The Morgan fingerprint density at radius 1 is 0.921 bits per heavy atom. The third-order valence-corrected chi connectivity index (χ3v) is 7.82. The van der Waals surface area contributed by atoms with E-state index in [0.29, 0.717) is 18.2 Å². The van der Waals surface area contributed by atoms with Crippen molar-refractivity contribution in [1.82, 2.24) is 15.0 Å². The number of aliphatic carboxylic acids is 1. The second kappa shape index (κ2) is 11.0. The largest absolute Gasteiger partial charge is 4.00 e. The fourth-order valence-corrected chi connectivity index (χ4v) is 5.60. The Morgan fingerprint density at radius 2 is 1.63 bits per heavy atom. The van der Waals surface area contributed by atoms with Gasteiger partial charge in [-0.25, -0.2) is 0 Å². The minimum Gasteiger partial charge on any atom is -0.682 e. The topological polar surface area (TPSA) is 103 Å². The Kier molecular flexibility index (Phi) is 8.05. The van der Waals surface area contributed by atoms with E-state index in [4.69, 9.17) is 25.0 Å². The molecule has 0 aliphatic carbocycles. The van der Waals surface area contributed by atoms with Crippen molar-refractivity contribution < 1.29 is 31.7 Å². The van der Waals surface area contributed by atoms with Crippen LogP contribution in [-0.4, -0.2) is 17.1 Å². The number of ether oxygens (including phenoxy) is 1. The number of carbonyl (C=O) groups is 1. The van der Waals surface area contributed by atoms with Gasteiger partial charge in [0, 0.05) is 18.2 Å². The average molecular weight is 554 g/mol. The number of nitrogens with zero attached hydrogens (tertiary/aromatic N) is 4. The smallest absolute Gasteiger partial charge is 0.682 e. The van der Waals surface area contributed by atoms with Crippen LogP contribution in [0.15, 0.2) is 5.70 Å². The molecule has 0 amide bonds. The zero-order chi connectivity index (χ0) is 26.4. The van der Waals surface area contributed by atoms with Gasteiger partial charge in [0.1, 0.15) is 0 Å². The Hall–Kier alpha value is -3.09. The molecule has 5 rings (SSSR count). The molecule has 0 saturated carbocycles. The van der Waals surface area contributed by atoms with Crippen LogP contribution in [-0.2, 0) is 41.1 Å². The minimum atomic E-state index is -0.813. The van der Waals surface area contributed by atoms with Crippen LogP contribution in [0.5, 0.6) is 11.8 Å². The van der Waals surface area contributed by atoms with Crippen LogP contribution in [0.25, 0.3) is 23.5 Å². The molecule has 2 atom stereocenters. The molecule has 3 aromatic heterocycles. The first kappa shape index (κ1) is 27.9. The van der Waals surface area contributed by atoms with Gasteiger partial charge < -0.3 is 30.1 Å². The SMILES string of the molecule is CCc1c2[n-]c(c1C)Oc1[n-]c(c(C)c1CC)/C=C1\[N-]C(/C=c3\[n-]/c(c(C)c3CCC(=O)O)=C\2)CC1C.[Fe+4]. The van der Waals surface area contributed by atoms with E-state index < -0.39 is 5.97 Å². The summed E-state index contributed by atoms with van der Waals surface area (Å²) in [6.45, 7) is 12.6. The summed E-state index contributed by atoms with van der Waals surface area (Å²) >= 11 is 0. The number of carboxylic acid groups (broad SMARTS) is 1. The Morgan fingerprint density at radius 3 is 2.32 bits per heavy atom. The molecule has 2 aliphatic heterocycles. The van der Waals surface area contributed by atoms with Crippen molar-refractivity contribution in [1.29, 1.82) is 0 Å². The van der Waals surface area contributed by atoms with E-state index in [2.05, 4.69) is 39.8 Å². The van der Waals surface area contributed by atoms with Gasteiger partial charge in [-0.3, -0.25) is 4.79 Å². The van der Waals surface area contributed by atoms with Gasteiger partial charge >= 0.3 is 23.0 Å². The van der Waals surface area contributed by atoms with Crippen LogP contribution < -0.4 is 30.4 Å². The van der Waals surface area contributed by atoms with Crippen molar-refractivity contribution in [3.63, 3.8) is 0 Å². The summed E-state index contributed by atoms with van der Waals surface area (Å²) in [5.74, 6) is 0.651. The number of rotatable bonds is 5. The molecule has 200 valence electrons. The van der Waals surface area contributed by atoms with Gasteiger partial charge in [0.05, 0.1) is 0 Å². The molecule has 8 bridgehead atoms. The molecule has 5 heterocycles. The molecule has 1 fully saturated rings. The molecule has 0 radical (unpaired) electrons. The van der Waals surface area contributed by atoms with Crippen LogP contribution >= 0.6 is 0 Å². The number of hydrogen-bond acceptors (Lipinski definition) is 2. The molecule has 1 saturated heterocycles. The quantitative estimate of drug-likeness (QED) is 0.476. The Balaban J connectivity index is 0.00000336. The number of hydrogen-bond donors (Lipinski definition) is 1. The van der Waals surface area contributed by atoms with Crippen molar-refractivity contribution in [2.75, 3.05) is 0 Å². The van der Waals surface area contributed by atoms with E-state index >= 15 is 0 Å². The Bertz CT molecular complexity index is 1520. The van der Waals surface area contributed by atoms with E-state index in [9.17, 15) is 9.90 Å². The average Bonchev–Trinajstić information content (AvgIpc) is 3.52. The summed E-state index contributed by atoms with van der Waals surface area (Å²) in [5.41, 5.74) is 9.04. The standard InChI is InChI=1S/C30H34N4O3.Fe/c1-7-20-18(6)29-34-27(20)14-24-17(5)22(9-10-28(35)36)26(32-24)12-19-11-15(3)23(31-19)13-25-16(4)21(8-2)30(33-25)37-29;/h12-15,19H,7-11H2,1-6H3,(H,35,36);/q-4;+4/b23-13-,24-14-,26-12-;. The van der Waals surface area contributed by atoms with Gasteiger partial charge in [0.2, 0.25) is 0 Å². The molecule has 0 spiro atoms. The summed E-state index contributed by atoms with van der Waals surface area (Å²) < 4.78 is 6.38. The monoisotopic (exact) mass is 554 g/mol. The molecule has 3 aromatic rings. The van der Waals surface area contributed by atoms with Crippen LogP contribution in [0.4, 0.5) is 0 Å². The first-order valence-corrected chi connectivity index (χ1v) is 13.2. The van der Waals surface area contributed by atoms with Crippen molar-refractivity contribution >= 4 is 24.2 Å². The van der Waals surface area contributed by atoms with Crippen LogP contribution in [0.1, 0.15) is 78.4 Å². The molecular formula is C30H34FeN4O3. The summed E-state index contributed by atoms with van der Waals surface area (Å²) in [7, 11) is 0. The molecular weight excluding hydrogens is 520 g/mol. The van der Waals surface area contributed by atoms with Crippen LogP contribution in [0.3, 0.4) is 0 Å². The molecule has 2 unspecified atom stereocenters. The molecule has 7 nitrogen and oxygen atoms in total. The number of carboxylic acids is 1. The van der Waals surface area contributed by atoms with Crippen molar-refractivity contribution in [2.45, 2.75) is 79.7 Å². The van der Waals surface area contributed by atoms with E-state index in [0.717, 1.165) is 80.4 Å². The molecule has 0 aromatic carbocycles. The number of aromatic nitrogens is 3. The number of fused-ring (bicyclic) bond motifs is 8. The molecule has 2 aliphatic rings. The second-order valence-electron chi connectivity index (χ2n) is 10.2. The zero-order valence-electron chi connectivity index (χ0n) is 22.8. The maximum absolute atomic E-state index is 11.4. The van der Waals surface area contributed by atoms with E-state index in [1.807, 2.05) is 19.9 Å². The number of allylic oxidation sites excluding steroid dienone is 1. The van der Waals surface area contributed by atoms with E-state index in [1.54, 1.807) is 0 Å². The van der Waals surface area contributed by atoms with Crippen LogP contribution in [0, 0.1) is 26.7 Å². The summed E-state index contributed by atoms with van der Waals surface area (Å²) in [4.78, 5) is 26.1. The predicted molar refractivity (Wildman–Crippen MR) is 144 cm³/mol. The van der Waals surface area contributed by atoms with Crippen molar-refractivity contribution in [3.8, 4) is 11.8 Å². The second-order valence-corrected chi connectivity index (χ2v) is 10.2. The zero-order valence-corrected chi connectivity index (χ0v) is 23.9. The minimum absolute atomic E-state index is 0. The molecule has 8 heteroatoms. The molecule has 1 N–H and O–H groups in total. The fourth-order valence-electron chi connectivity index (χ4n) is 5.60. The first-order chi connectivity index (χ1) is 17.7. The van der Waals surface area contributed by atoms with Gasteiger partial charge in [-0.2, -0.15) is 5.70 Å². The van der Waals surface area contributed by atoms with Gasteiger partial charge in [-0.05, 0) is 57.1 Å². The summed E-state index contributed by atoms with van der Waals surface area (Å²) in [6.07, 6.45) is 9.21. The third kappa shape index (κ3) is 4.99. The normalized spacial score (nSPS) is 21.2. The maximum Gasteiger partial charge on any atom is 4.00 e. The maximum atomic E-state index is 11.4. The third-order valence-electron chi connectivity index (χ3n) is 7.82. The van der Waals surface area contributed by atoms with Gasteiger partial charge in [-0.1, -0.05) is 61.6 Å². The van der Waals surface area contributed by atoms with Crippen LogP contribution in [0.2, 0.25) is 0 Å². The van der Waals surface area contributed by atoms with Crippen molar-refractivity contribution in [3.05, 3.63) is 66.5 Å². The van der Waals surface area contributed by atoms with Gasteiger partial charge in [-0.15, -0.1) is 34.2 Å². The van der Waals surface area contributed by atoms with Gasteiger partial charge in [0.25, 0.3) is 0 Å². The molecule has 38 heavy (non-hydrogen) atoms. The van der Waals surface area contributed by atoms with Crippen molar-refractivity contribution in [2.24, 2.45) is 5.92 Å². The van der Waals surface area contributed by atoms with E-state index in [-0.39, 0.29) is 35.4 Å². The van der Waals surface area contributed by atoms with E-state index in [1.165, 1.54) is 0 Å². The predicted octanol–water partition coefficient (Wildman–Crippen LogP) is 4.16.